The van der Waals surface area contributed by atoms with Gasteiger partial charge >= 0.3 is 11.9 Å². The molecule has 0 aromatic heterocycles. The van der Waals surface area contributed by atoms with Crippen molar-refractivity contribution in [2.24, 2.45) is 0 Å². The number of aliphatic carboxylic acids is 1. The maximum Gasteiger partial charge on any atom is 0.306 e. The van der Waals surface area contributed by atoms with Crippen LogP contribution < -0.4 is 5.11 Å². The van der Waals surface area contributed by atoms with Crippen LogP contribution in [0.25, 0.3) is 0 Å². The number of carboxylic acid groups (broad SMARTS) is 1. The first-order valence-electron chi connectivity index (χ1n) is 24.4. The van der Waals surface area contributed by atoms with Crippen molar-refractivity contribution < 1.29 is 42.9 Å². The lowest BCUT2D eigenvalue weighted by atomic mass is 10.0. The zero-order valence-electron chi connectivity index (χ0n) is 39.8. The molecule has 0 saturated carbocycles. The second-order valence-corrected chi connectivity index (χ2v) is 17.4. The van der Waals surface area contributed by atoms with Gasteiger partial charge in [-0.25, -0.2) is 0 Å². The Morgan fingerprint density at radius 3 is 1.39 bits per heavy atom. The summed E-state index contributed by atoms with van der Waals surface area (Å²) in [6.45, 7) is 4.61. The van der Waals surface area contributed by atoms with Crippen molar-refractivity contribution in [2.75, 3.05) is 47.5 Å². The summed E-state index contributed by atoms with van der Waals surface area (Å²) < 4.78 is 22.6. The summed E-state index contributed by atoms with van der Waals surface area (Å²) in [6.07, 6.45) is 49.6. The summed E-state index contributed by atoms with van der Waals surface area (Å²) in [5, 5.41) is 11.7. The van der Waals surface area contributed by atoms with E-state index in [1.807, 2.05) is 21.1 Å². The quantitative estimate of drug-likeness (QED) is 0.0196. The largest absolute Gasteiger partial charge is 0.545 e. The van der Waals surface area contributed by atoms with Crippen LogP contribution >= 0.6 is 0 Å². The van der Waals surface area contributed by atoms with Gasteiger partial charge in [-0.2, -0.15) is 0 Å². The van der Waals surface area contributed by atoms with Gasteiger partial charge in [0.15, 0.2) is 12.4 Å². The Balaban J connectivity index is 4.38. The van der Waals surface area contributed by atoms with E-state index >= 15 is 0 Å². The van der Waals surface area contributed by atoms with Crippen molar-refractivity contribution in [1.82, 2.24) is 0 Å². The van der Waals surface area contributed by atoms with Gasteiger partial charge in [0, 0.05) is 12.8 Å². The number of hydrogen-bond donors (Lipinski definition) is 0. The fourth-order valence-corrected chi connectivity index (χ4v) is 6.50. The topological polar surface area (TPSA) is 111 Å². The van der Waals surface area contributed by atoms with E-state index in [1.54, 1.807) is 0 Å². The summed E-state index contributed by atoms with van der Waals surface area (Å²) in [5.74, 6) is -2.30. The normalized spacial score (nSPS) is 13.4. The Labute approximate surface area is 374 Å². The molecule has 0 amide bonds. The van der Waals surface area contributed by atoms with Gasteiger partial charge in [-0.3, -0.25) is 9.59 Å². The van der Waals surface area contributed by atoms with E-state index in [0.717, 1.165) is 77.0 Å². The Bertz CT molecular complexity index is 1180. The molecular weight excluding hydrogens is 767 g/mol. The molecule has 352 valence electrons. The smallest absolute Gasteiger partial charge is 0.306 e. The Kier molecular flexibility index (Phi) is 41.5. The highest BCUT2D eigenvalue weighted by atomic mass is 16.7. The molecule has 0 heterocycles. The molecule has 0 aromatic rings. The van der Waals surface area contributed by atoms with Crippen LogP contribution in [0.2, 0.25) is 0 Å². The van der Waals surface area contributed by atoms with Crippen LogP contribution in [0.4, 0.5) is 0 Å². The first kappa shape index (κ1) is 58.0. The molecule has 61 heavy (non-hydrogen) atoms. The minimum absolute atomic E-state index is 0.144. The van der Waals surface area contributed by atoms with Crippen LogP contribution in [0.1, 0.15) is 194 Å². The predicted molar refractivity (Wildman–Crippen MR) is 251 cm³/mol. The molecular formula is C52H91NO8. The van der Waals surface area contributed by atoms with Gasteiger partial charge in [0.2, 0.25) is 0 Å². The monoisotopic (exact) mass is 858 g/mol. The number of hydrogen-bond acceptors (Lipinski definition) is 8. The zero-order valence-corrected chi connectivity index (χ0v) is 39.8. The number of carbonyl (C=O) groups is 3. The molecule has 0 N–H and O–H groups in total. The van der Waals surface area contributed by atoms with Crippen LogP contribution in [-0.4, -0.2) is 82.3 Å². The molecule has 0 aliphatic carbocycles. The summed E-state index contributed by atoms with van der Waals surface area (Å²) in [5.41, 5.74) is 0. The molecule has 0 rings (SSSR count). The van der Waals surface area contributed by atoms with Gasteiger partial charge in [-0.05, 0) is 57.8 Å². The minimum atomic E-state index is -1.62. The molecule has 0 bridgehead atoms. The highest BCUT2D eigenvalue weighted by molar-refractivity contribution is 5.70. The molecule has 0 aromatic carbocycles. The van der Waals surface area contributed by atoms with Crippen molar-refractivity contribution in [1.29, 1.82) is 0 Å². The molecule has 2 unspecified atom stereocenters. The number of unbranched alkanes of at least 4 members (excludes halogenated alkanes) is 19. The predicted octanol–water partition coefficient (Wildman–Crippen LogP) is 12.0. The number of carbonyl (C=O) groups excluding carboxylic acids is 3. The van der Waals surface area contributed by atoms with E-state index in [9.17, 15) is 19.5 Å². The van der Waals surface area contributed by atoms with Gasteiger partial charge in [-0.15, -0.1) is 0 Å². The van der Waals surface area contributed by atoms with Gasteiger partial charge in [0.05, 0.1) is 40.3 Å². The number of carboxylic acids is 1. The Morgan fingerprint density at radius 2 is 0.934 bits per heavy atom. The van der Waals surface area contributed by atoms with Crippen LogP contribution in [0.15, 0.2) is 60.8 Å². The van der Waals surface area contributed by atoms with Crippen LogP contribution in [0.5, 0.6) is 0 Å². The van der Waals surface area contributed by atoms with E-state index in [2.05, 4.69) is 74.6 Å². The molecule has 0 aliphatic heterocycles. The van der Waals surface area contributed by atoms with E-state index in [-0.39, 0.29) is 32.2 Å². The third kappa shape index (κ3) is 44.8. The number of quaternary nitrogens is 1. The number of esters is 2. The van der Waals surface area contributed by atoms with Crippen molar-refractivity contribution in [3.8, 4) is 0 Å². The first-order chi connectivity index (χ1) is 29.6. The average molecular weight is 858 g/mol. The molecule has 9 heteroatoms. The average Bonchev–Trinajstić information content (AvgIpc) is 3.22. The SMILES string of the molecule is CC/C=C\C/C=C\C/C=C\C/C=C\C/C=C\CCCCCCCCCC(=O)OC(COC(=O)CCCCCCCCCCCCCCC)COC(OCC[N+](C)(C)C)C(=O)[O-]. The standard InChI is InChI=1S/C52H91NO8/c1-6-8-10-12-14-16-18-20-21-22-23-24-25-26-27-28-29-31-33-35-37-39-41-43-50(55)61-48(47-60-52(51(56)57)58-45-44-53(3,4)5)46-59-49(54)42-40-38-36-34-32-30-19-17-15-13-11-9-7-2/h8,10,14,16,20-21,23-24,26-27,48,52H,6-7,9,11-13,15,17-19,22,25,28-47H2,1-5H3/b10-8-,16-14-,21-20-,24-23-,27-26-. The van der Waals surface area contributed by atoms with Crippen LogP contribution in [-0.2, 0) is 33.3 Å². The zero-order chi connectivity index (χ0) is 44.9. The van der Waals surface area contributed by atoms with E-state index in [0.29, 0.717) is 23.9 Å². The number of nitrogens with zero attached hydrogens (tertiary/aromatic N) is 1. The fraction of sp³-hybridized carbons (Fsp3) is 0.750. The summed E-state index contributed by atoms with van der Waals surface area (Å²) in [6, 6.07) is 0. The van der Waals surface area contributed by atoms with Crippen molar-refractivity contribution in [3.05, 3.63) is 60.8 Å². The van der Waals surface area contributed by atoms with Crippen molar-refractivity contribution in [3.63, 3.8) is 0 Å². The van der Waals surface area contributed by atoms with Gasteiger partial charge in [-0.1, -0.05) is 184 Å². The van der Waals surface area contributed by atoms with Gasteiger partial charge in [0.25, 0.3) is 0 Å². The van der Waals surface area contributed by atoms with Crippen molar-refractivity contribution >= 4 is 17.9 Å². The highest BCUT2D eigenvalue weighted by Crippen LogP contribution is 2.15. The number of likely N-dealkylation sites (N-methyl/N-ethyl adjacent to an activating group) is 1. The van der Waals surface area contributed by atoms with E-state index in [4.69, 9.17) is 18.9 Å². The lowest BCUT2D eigenvalue weighted by Crippen LogP contribution is -2.44. The maximum absolute atomic E-state index is 12.8. The number of allylic oxidation sites excluding steroid dienone is 10. The van der Waals surface area contributed by atoms with E-state index < -0.39 is 24.3 Å². The summed E-state index contributed by atoms with van der Waals surface area (Å²) in [4.78, 5) is 37.1. The molecule has 0 fully saturated rings. The molecule has 0 radical (unpaired) electrons. The lowest BCUT2D eigenvalue weighted by Gasteiger charge is -2.26. The third-order valence-electron chi connectivity index (χ3n) is 10.3. The summed E-state index contributed by atoms with van der Waals surface area (Å²) in [7, 11) is 5.90. The molecule has 0 spiro atoms. The second kappa shape index (κ2) is 43.6. The Hall–Kier alpha value is -3.01. The summed E-state index contributed by atoms with van der Waals surface area (Å²) >= 11 is 0. The molecule has 9 nitrogen and oxygen atoms in total. The van der Waals surface area contributed by atoms with Crippen LogP contribution in [0.3, 0.4) is 0 Å². The van der Waals surface area contributed by atoms with Crippen LogP contribution in [0, 0.1) is 0 Å². The highest BCUT2D eigenvalue weighted by Gasteiger charge is 2.21. The first-order valence-corrected chi connectivity index (χ1v) is 24.4. The number of ether oxygens (including phenoxy) is 4. The maximum atomic E-state index is 12.8. The number of rotatable bonds is 44. The third-order valence-corrected chi connectivity index (χ3v) is 10.3. The Morgan fingerprint density at radius 1 is 0.508 bits per heavy atom. The molecule has 0 aliphatic rings. The fourth-order valence-electron chi connectivity index (χ4n) is 6.50. The molecule has 2 atom stereocenters. The van der Waals surface area contributed by atoms with Gasteiger partial charge < -0.3 is 33.3 Å². The van der Waals surface area contributed by atoms with E-state index in [1.165, 1.54) is 83.5 Å². The second-order valence-electron chi connectivity index (χ2n) is 17.4. The van der Waals surface area contributed by atoms with Crippen molar-refractivity contribution in [2.45, 2.75) is 206 Å². The lowest BCUT2D eigenvalue weighted by molar-refractivity contribution is -0.870. The van der Waals surface area contributed by atoms with Gasteiger partial charge in [0.1, 0.15) is 13.2 Å². The minimum Gasteiger partial charge on any atom is -0.545 e. The molecule has 0 saturated heterocycles.